The molecule has 5 amide bonds. The molecular formula is C20H20N4O4. The molecule has 2 unspecified atom stereocenters. The summed E-state index contributed by atoms with van der Waals surface area (Å²) in [5, 5.41) is 10.1. The van der Waals surface area contributed by atoms with E-state index in [1.807, 2.05) is 0 Å². The van der Waals surface area contributed by atoms with Crippen molar-refractivity contribution < 1.29 is 19.2 Å². The molecule has 2 atom stereocenters. The number of carbonyl (C=O) groups excluding carboxylic acids is 4. The molecule has 1 aliphatic heterocycles. The first-order valence-electron chi connectivity index (χ1n) is 8.70. The number of nitrogens with one attached hydrogen (secondary N) is 4. The van der Waals surface area contributed by atoms with Crippen molar-refractivity contribution in [3.63, 3.8) is 0 Å². The van der Waals surface area contributed by atoms with Crippen molar-refractivity contribution >= 4 is 29.4 Å². The van der Waals surface area contributed by atoms with Gasteiger partial charge >= 0.3 is 6.03 Å². The van der Waals surface area contributed by atoms with Crippen LogP contribution in [-0.2, 0) is 15.1 Å². The molecule has 144 valence electrons. The van der Waals surface area contributed by atoms with Gasteiger partial charge in [-0.15, -0.1) is 0 Å². The molecule has 1 aliphatic rings. The van der Waals surface area contributed by atoms with E-state index in [4.69, 9.17) is 0 Å². The second kappa shape index (κ2) is 7.51. The van der Waals surface area contributed by atoms with Gasteiger partial charge < -0.3 is 16.0 Å². The third-order valence-electron chi connectivity index (χ3n) is 4.53. The maximum absolute atomic E-state index is 12.4. The summed E-state index contributed by atoms with van der Waals surface area (Å²) in [7, 11) is 0. The van der Waals surface area contributed by atoms with Crippen molar-refractivity contribution in [2.45, 2.75) is 25.4 Å². The van der Waals surface area contributed by atoms with Gasteiger partial charge in [-0.05, 0) is 43.7 Å². The Balaban J connectivity index is 1.68. The monoisotopic (exact) mass is 380 g/mol. The second-order valence-corrected chi connectivity index (χ2v) is 6.66. The van der Waals surface area contributed by atoms with Gasteiger partial charge in [-0.3, -0.25) is 19.7 Å². The van der Waals surface area contributed by atoms with Crippen LogP contribution >= 0.6 is 0 Å². The number of amides is 5. The number of urea groups is 1. The van der Waals surface area contributed by atoms with Gasteiger partial charge in [-0.2, -0.15) is 0 Å². The lowest BCUT2D eigenvalue weighted by Gasteiger charge is -2.22. The highest BCUT2D eigenvalue weighted by molar-refractivity contribution is 6.07. The molecule has 0 aliphatic carbocycles. The van der Waals surface area contributed by atoms with Crippen LogP contribution < -0.4 is 21.3 Å². The zero-order valence-corrected chi connectivity index (χ0v) is 15.4. The van der Waals surface area contributed by atoms with Crippen molar-refractivity contribution in [3.8, 4) is 0 Å². The number of rotatable bonds is 5. The fourth-order valence-corrected chi connectivity index (χ4v) is 2.84. The molecule has 2 aromatic rings. The molecule has 1 heterocycles. The normalized spacial score (nSPS) is 19.4. The quantitative estimate of drug-likeness (QED) is 0.588. The third-order valence-corrected chi connectivity index (χ3v) is 4.53. The van der Waals surface area contributed by atoms with Crippen LogP contribution in [0.15, 0.2) is 54.6 Å². The Morgan fingerprint density at radius 2 is 1.75 bits per heavy atom. The SMILES string of the molecule is CC(NC(=O)c1ccccc1)C(=O)Nc1cccc(C2(C)NC(=O)NC2=O)c1. The van der Waals surface area contributed by atoms with Gasteiger partial charge in [0.1, 0.15) is 11.6 Å². The van der Waals surface area contributed by atoms with Gasteiger partial charge in [0, 0.05) is 11.3 Å². The lowest BCUT2D eigenvalue weighted by Crippen LogP contribution is -2.42. The van der Waals surface area contributed by atoms with Gasteiger partial charge in [0.05, 0.1) is 0 Å². The van der Waals surface area contributed by atoms with E-state index in [1.54, 1.807) is 68.4 Å². The molecule has 0 aromatic heterocycles. The molecule has 1 fully saturated rings. The lowest BCUT2D eigenvalue weighted by atomic mass is 9.92. The van der Waals surface area contributed by atoms with E-state index in [0.717, 1.165) is 0 Å². The average Bonchev–Trinajstić information content (AvgIpc) is 2.95. The molecule has 0 spiro atoms. The standard InChI is InChI=1S/C20H20N4O4/c1-12(21-17(26)13-7-4-3-5-8-13)16(25)22-15-10-6-9-14(11-15)20(2)18(27)23-19(28)24-20/h3-12H,1-2H3,(H,21,26)(H,22,25)(H2,23,24,27,28). The molecule has 28 heavy (non-hydrogen) atoms. The zero-order chi connectivity index (χ0) is 20.3. The summed E-state index contributed by atoms with van der Waals surface area (Å²) in [6.45, 7) is 3.16. The number of carbonyl (C=O) groups is 4. The molecule has 8 heteroatoms. The van der Waals surface area contributed by atoms with Gasteiger partial charge in [-0.1, -0.05) is 30.3 Å². The van der Waals surface area contributed by atoms with E-state index in [-0.39, 0.29) is 5.91 Å². The lowest BCUT2D eigenvalue weighted by molar-refractivity contribution is -0.123. The Bertz CT molecular complexity index is 944. The molecule has 0 saturated carbocycles. The largest absolute Gasteiger partial charge is 0.341 e. The van der Waals surface area contributed by atoms with Crippen LogP contribution in [0.25, 0.3) is 0 Å². The third kappa shape index (κ3) is 3.85. The van der Waals surface area contributed by atoms with Crippen LogP contribution in [0.2, 0.25) is 0 Å². The number of hydrogen-bond donors (Lipinski definition) is 4. The molecule has 0 radical (unpaired) electrons. The summed E-state index contributed by atoms with van der Waals surface area (Å²) >= 11 is 0. The van der Waals surface area contributed by atoms with E-state index in [2.05, 4.69) is 21.3 Å². The smallest absolute Gasteiger partial charge is 0.322 e. The van der Waals surface area contributed by atoms with Crippen molar-refractivity contribution in [2.75, 3.05) is 5.32 Å². The van der Waals surface area contributed by atoms with Crippen LogP contribution in [0.5, 0.6) is 0 Å². The Kier molecular flexibility index (Phi) is 5.12. The Labute approximate surface area is 161 Å². The molecular weight excluding hydrogens is 360 g/mol. The maximum atomic E-state index is 12.4. The molecule has 2 aromatic carbocycles. The van der Waals surface area contributed by atoms with Gasteiger partial charge in [0.25, 0.3) is 11.8 Å². The van der Waals surface area contributed by atoms with Crippen molar-refractivity contribution in [2.24, 2.45) is 0 Å². The van der Waals surface area contributed by atoms with Crippen molar-refractivity contribution in [1.82, 2.24) is 16.0 Å². The van der Waals surface area contributed by atoms with Gasteiger partial charge in [0.2, 0.25) is 5.91 Å². The second-order valence-electron chi connectivity index (χ2n) is 6.66. The van der Waals surface area contributed by atoms with Crippen LogP contribution in [0.1, 0.15) is 29.8 Å². The molecule has 3 rings (SSSR count). The molecule has 8 nitrogen and oxygen atoms in total. The summed E-state index contributed by atoms with van der Waals surface area (Å²) < 4.78 is 0. The predicted octanol–water partition coefficient (Wildman–Crippen LogP) is 1.50. The first-order valence-corrected chi connectivity index (χ1v) is 8.70. The van der Waals surface area contributed by atoms with Crippen LogP contribution in [0, 0.1) is 0 Å². The van der Waals surface area contributed by atoms with E-state index in [9.17, 15) is 19.2 Å². The fourth-order valence-electron chi connectivity index (χ4n) is 2.84. The zero-order valence-electron chi connectivity index (χ0n) is 15.4. The highest BCUT2D eigenvalue weighted by Crippen LogP contribution is 2.26. The predicted molar refractivity (Wildman–Crippen MR) is 102 cm³/mol. The van der Waals surface area contributed by atoms with Gasteiger partial charge in [0.15, 0.2) is 0 Å². The van der Waals surface area contributed by atoms with E-state index in [1.165, 1.54) is 0 Å². The minimum absolute atomic E-state index is 0.352. The fraction of sp³-hybridized carbons (Fsp3) is 0.200. The first kappa shape index (κ1) is 19.1. The number of hydrogen-bond acceptors (Lipinski definition) is 4. The topological polar surface area (TPSA) is 116 Å². The summed E-state index contributed by atoms with van der Waals surface area (Å²) in [4.78, 5) is 48.1. The average molecular weight is 380 g/mol. The van der Waals surface area contributed by atoms with E-state index >= 15 is 0 Å². The summed E-state index contributed by atoms with van der Waals surface area (Å²) in [5.41, 5.74) is 0.207. The summed E-state index contributed by atoms with van der Waals surface area (Å²) in [5.74, 6) is -1.23. The number of imide groups is 1. The Morgan fingerprint density at radius 1 is 1.04 bits per heavy atom. The van der Waals surface area contributed by atoms with E-state index in [0.29, 0.717) is 16.8 Å². The van der Waals surface area contributed by atoms with Gasteiger partial charge in [-0.25, -0.2) is 4.79 Å². The van der Waals surface area contributed by atoms with Crippen LogP contribution in [0.4, 0.5) is 10.5 Å². The number of anilines is 1. The molecule has 0 bridgehead atoms. The van der Waals surface area contributed by atoms with E-state index < -0.39 is 29.4 Å². The molecule has 1 saturated heterocycles. The highest BCUT2D eigenvalue weighted by atomic mass is 16.2. The number of benzene rings is 2. The minimum Gasteiger partial charge on any atom is -0.341 e. The molecule has 4 N–H and O–H groups in total. The minimum atomic E-state index is -1.22. The van der Waals surface area contributed by atoms with Crippen molar-refractivity contribution in [3.05, 3.63) is 65.7 Å². The van der Waals surface area contributed by atoms with Crippen LogP contribution in [-0.4, -0.2) is 29.8 Å². The Hall–Kier alpha value is -3.68. The highest BCUT2D eigenvalue weighted by Gasteiger charge is 2.43. The van der Waals surface area contributed by atoms with Crippen molar-refractivity contribution in [1.29, 1.82) is 0 Å². The Morgan fingerprint density at radius 3 is 2.39 bits per heavy atom. The summed E-state index contributed by atoms with van der Waals surface area (Å²) in [6, 6.07) is 13.9. The maximum Gasteiger partial charge on any atom is 0.322 e. The summed E-state index contributed by atoms with van der Waals surface area (Å²) in [6.07, 6.45) is 0. The first-order chi connectivity index (χ1) is 13.3. The van der Waals surface area contributed by atoms with Crippen LogP contribution in [0.3, 0.4) is 0 Å².